The highest BCUT2D eigenvalue weighted by atomic mass is 35.5. The summed E-state index contributed by atoms with van der Waals surface area (Å²) in [5, 5.41) is 8.48. The molecule has 0 aliphatic carbocycles. The van der Waals surface area contributed by atoms with Gasteiger partial charge < -0.3 is 31.9 Å². The van der Waals surface area contributed by atoms with Crippen molar-refractivity contribution in [1.29, 1.82) is 0 Å². The van der Waals surface area contributed by atoms with E-state index in [0.29, 0.717) is 0 Å². The van der Waals surface area contributed by atoms with Gasteiger partial charge in [0.1, 0.15) is 0 Å². The first-order chi connectivity index (χ1) is 5.46. The van der Waals surface area contributed by atoms with Gasteiger partial charge >= 0.3 is 5.97 Å². The van der Waals surface area contributed by atoms with Gasteiger partial charge in [-0.25, -0.2) is 4.79 Å². The Morgan fingerprint density at radius 3 is 1.50 bits per heavy atom. The Bertz CT molecular complexity index is 165. The minimum absolute atomic E-state index is 0. The number of halogens is 1. The summed E-state index contributed by atoms with van der Waals surface area (Å²) in [7, 11) is 3.64. The average Bonchev–Trinajstić information content (AvgIpc) is 2.05. The largest absolute Gasteiger partial charge is 0.478 e. The summed E-state index contributed by atoms with van der Waals surface area (Å²) in [6.07, 6.45) is 1.47. The number of hydrogen-bond acceptors (Lipinski definition) is 2. The van der Waals surface area contributed by atoms with Gasteiger partial charge in [-0.3, -0.25) is 0 Å². The lowest BCUT2D eigenvalue weighted by Crippen LogP contribution is -2.29. The molecule has 16 heavy (non-hydrogen) atoms. The Morgan fingerprint density at radius 2 is 1.44 bits per heavy atom. The summed E-state index contributed by atoms with van der Waals surface area (Å²) in [4.78, 5) is 12.1. The molecular weight excluding hydrogens is 242 g/mol. The minimum Gasteiger partial charge on any atom is -0.478 e. The summed E-state index contributed by atoms with van der Waals surface area (Å²) in [5.74, 6) is -0.929. The Balaban J connectivity index is -0.0000000393. The quantitative estimate of drug-likeness (QED) is 0.467. The third kappa shape index (κ3) is 15.8. The first-order valence-corrected chi connectivity index (χ1v) is 4.18. The van der Waals surface area contributed by atoms with Gasteiger partial charge in [-0.15, -0.1) is 11.6 Å². The van der Waals surface area contributed by atoms with E-state index in [-0.39, 0.29) is 33.5 Å². The van der Waals surface area contributed by atoms with Crippen LogP contribution in [0.4, 0.5) is 0 Å². The van der Waals surface area contributed by atoms with E-state index in [1.807, 2.05) is 14.1 Å². The number of likely N-dealkylation sites (N-methyl/N-ethyl adjacent to an activating group) is 1. The van der Waals surface area contributed by atoms with E-state index in [2.05, 4.69) is 18.2 Å². The molecule has 8 heteroatoms. The maximum absolute atomic E-state index is 10.3. The minimum atomic E-state index is -0.929. The lowest BCUT2D eigenvalue weighted by atomic mass is 10.1. The van der Waals surface area contributed by atoms with Crippen LogP contribution < -0.4 is 0 Å². The number of carboxylic acid groups (broad SMARTS) is 1. The number of alkyl halides is 1. The first-order valence-electron chi connectivity index (χ1n) is 3.43. The van der Waals surface area contributed by atoms with Crippen molar-refractivity contribution in [2.75, 3.05) is 20.5 Å². The number of carbonyl (C=O) groups is 1. The van der Waals surface area contributed by atoms with Crippen LogP contribution in [0, 0.1) is 0 Å². The van der Waals surface area contributed by atoms with Gasteiger partial charge in [0.25, 0.3) is 0 Å². The van der Waals surface area contributed by atoms with Crippen molar-refractivity contribution < 1.29 is 31.8 Å². The van der Waals surface area contributed by atoms with E-state index < -0.39 is 5.97 Å². The van der Waals surface area contributed by atoms with Crippen molar-refractivity contribution in [2.24, 2.45) is 0 Å². The topological polar surface area (TPSA) is 167 Å². The number of aliphatic carboxylic acids is 1. The molecule has 7 nitrogen and oxygen atoms in total. The second kappa shape index (κ2) is 19.8. The molecule has 9 N–H and O–H groups in total. The van der Waals surface area contributed by atoms with Crippen molar-refractivity contribution in [3.63, 3.8) is 0 Å². The van der Waals surface area contributed by atoms with Crippen LogP contribution in [0.5, 0.6) is 0 Å². The van der Waals surface area contributed by atoms with Crippen LogP contribution in [0.1, 0.15) is 6.92 Å². The number of nitrogens with zero attached hydrogens (tertiary/aromatic N) is 1. The SMILES string of the molecule is C=C(C(=O)O)C(C)N(C)C.CCl.O.O.O.O. The number of hydrogen-bond donors (Lipinski definition) is 1. The molecule has 0 rings (SSSR count). The van der Waals surface area contributed by atoms with Crippen molar-refractivity contribution in [3.8, 4) is 0 Å². The average molecular weight is 266 g/mol. The molecule has 0 radical (unpaired) electrons. The molecule has 0 bridgehead atoms. The molecule has 0 saturated carbocycles. The Labute approximate surface area is 101 Å². The predicted octanol–water partition coefficient (Wildman–Crippen LogP) is -1.87. The molecule has 0 spiro atoms. The zero-order chi connectivity index (χ0) is 10.3. The van der Waals surface area contributed by atoms with Gasteiger partial charge in [0.15, 0.2) is 0 Å². The molecule has 0 aromatic heterocycles. The maximum Gasteiger partial charge on any atom is 0.332 e. The van der Waals surface area contributed by atoms with Crippen molar-refractivity contribution >= 4 is 17.6 Å². The highest BCUT2D eigenvalue weighted by Gasteiger charge is 2.14. The monoisotopic (exact) mass is 265 g/mol. The van der Waals surface area contributed by atoms with E-state index in [0.717, 1.165) is 0 Å². The van der Waals surface area contributed by atoms with E-state index in [4.69, 9.17) is 5.11 Å². The first kappa shape index (κ1) is 36.2. The number of carboxylic acids is 1. The molecule has 0 heterocycles. The second-order valence-corrected chi connectivity index (χ2v) is 2.47. The molecule has 0 aliphatic rings. The zero-order valence-corrected chi connectivity index (χ0v) is 10.7. The van der Waals surface area contributed by atoms with E-state index in [1.165, 1.54) is 6.38 Å². The standard InChI is InChI=1S/C7H13NO2.CH3Cl.4H2O/c1-5(7(9)10)6(2)8(3)4;1-2;;;;/h6H,1H2,2-4H3,(H,9,10);1H3;4*1H2. The predicted molar refractivity (Wildman–Crippen MR) is 66.2 cm³/mol. The van der Waals surface area contributed by atoms with Gasteiger partial charge in [0.05, 0.1) is 0 Å². The lowest BCUT2D eigenvalue weighted by Gasteiger charge is -2.18. The van der Waals surface area contributed by atoms with Crippen LogP contribution in [-0.4, -0.2) is 64.4 Å². The fourth-order valence-corrected chi connectivity index (χ4v) is 0.490. The molecule has 0 aromatic rings. The zero-order valence-electron chi connectivity index (χ0n) is 9.97. The molecule has 104 valence electrons. The van der Waals surface area contributed by atoms with Gasteiger partial charge in [-0.1, -0.05) is 6.58 Å². The summed E-state index contributed by atoms with van der Waals surface area (Å²) in [5.41, 5.74) is 0.227. The van der Waals surface area contributed by atoms with Crippen LogP contribution in [0.2, 0.25) is 0 Å². The van der Waals surface area contributed by atoms with Crippen LogP contribution >= 0.6 is 11.6 Å². The van der Waals surface area contributed by atoms with Gasteiger partial charge in [0.2, 0.25) is 0 Å². The molecular formula is C8H24ClNO6. The van der Waals surface area contributed by atoms with Crippen molar-refractivity contribution in [1.82, 2.24) is 4.90 Å². The van der Waals surface area contributed by atoms with Gasteiger partial charge in [-0.05, 0) is 21.0 Å². The lowest BCUT2D eigenvalue weighted by molar-refractivity contribution is -0.133. The molecule has 1 atom stereocenters. The van der Waals surface area contributed by atoms with E-state index >= 15 is 0 Å². The molecule has 0 saturated heterocycles. The van der Waals surface area contributed by atoms with Crippen LogP contribution in [0.3, 0.4) is 0 Å². The molecule has 0 amide bonds. The van der Waals surface area contributed by atoms with Crippen LogP contribution in [-0.2, 0) is 4.79 Å². The Hall–Kier alpha value is -0.700. The van der Waals surface area contributed by atoms with Gasteiger partial charge in [-0.2, -0.15) is 0 Å². The molecule has 0 aromatic carbocycles. The Kier molecular flexibility index (Phi) is 44.8. The third-order valence-corrected chi connectivity index (χ3v) is 1.55. The third-order valence-electron chi connectivity index (χ3n) is 1.55. The number of rotatable bonds is 3. The Morgan fingerprint density at radius 1 is 1.19 bits per heavy atom. The maximum atomic E-state index is 10.3. The fourth-order valence-electron chi connectivity index (χ4n) is 0.490. The summed E-state index contributed by atoms with van der Waals surface area (Å²) < 4.78 is 0. The summed E-state index contributed by atoms with van der Waals surface area (Å²) in [6.45, 7) is 5.24. The van der Waals surface area contributed by atoms with Crippen molar-refractivity contribution in [3.05, 3.63) is 12.2 Å². The van der Waals surface area contributed by atoms with Crippen LogP contribution in [0.25, 0.3) is 0 Å². The van der Waals surface area contributed by atoms with E-state index in [9.17, 15) is 4.79 Å². The molecule has 0 aliphatic heterocycles. The summed E-state index contributed by atoms with van der Waals surface area (Å²) in [6, 6.07) is -0.0995. The second-order valence-electron chi connectivity index (χ2n) is 2.47. The highest BCUT2D eigenvalue weighted by Crippen LogP contribution is 2.03. The normalized spacial score (nSPS) is 8.62. The molecule has 0 fully saturated rings. The fraction of sp³-hybridized carbons (Fsp3) is 0.625. The van der Waals surface area contributed by atoms with E-state index in [1.54, 1.807) is 11.8 Å². The van der Waals surface area contributed by atoms with Gasteiger partial charge in [0, 0.05) is 18.0 Å². The van der Waals surface area contributed by atoms with Crippen molar-refractivity contribution in [2.45, 2.75) is 13.0 Å². The smallest absolute Gasteiger partial charge is 0.332 e. The molecule has 1 unspecified atom stereocenters. The summed E-state index contributed by atoms with van der Waals surface area (Å²) >= 11 is 4.64. The highest BCUT2D eigenvalue weighted by molar-refractivity contribution is 6.15. The van der Waals surface area contributed by atoms with Crippen LogP contribution in [0.15, 0.2) is 12.2 Å².